The van der Waals surface area contributed by atoms with E-state index in [1.807, 2.05) is 13.8 Å². The van der Waals surface area contributed by atoms with Crippen molar-refractivity contribution in [2.45, 2.75) is 26.7 Å². The topological polar surface area (TPSA) is 20.3 Å². The summed E-state index contributed by atoms with van der Waals surface area (Å²) in [5, 5.41) is 0. The van der Waals surface area contributed by atoms with Gasteiger partial charge in [0, 0.05) is 13.1 Å². The Bertz CT molecular complexity index is 151. The van der Waals surface area contributed by atoms with Crippen LogP contribution >= 0.6 is 0 Å². The van der Waals surface area contributed by atoms with Crippen LogP contribution in [0, 0.1) is 12.3 Å². The SMILES string of the molecule is C#CC(=O)N(CCC)CCC. The van der Waals surface area contributed by atoms with Crippen LogP contribution in [0.1, 0.15) is 26.7 Å². The van der Waals surface area contributed by atoms with Crippen molar-refractivity contribution >= 4 is 5.91 Å². The smallest absolute Gasteiger partial charge is 0.298 e. The second-order valence-corrected chi connectivity index (χ2v) is 2.44. The molecule has 0 aliphatic carbocycles. The summed E-state index contributed by atoms with van der Waals surface area (Å²) < 4.78 is 0. The van der Waals surface area contributed by atoms with Crippen molar-refractivity contribution in [1.29, 1.82) is 0 Å². The maximum atomic E-state index is 11.0. The van der Waals surface area contributed by atoms with Gasteiger partial charge in [0.05, 0.1) is 0 Å². The highest BCUT2D eigenvalue weighted by atomic mass is 16.2. The van der Waals surface area contributed by atoms with Gasteiger partial charge >= 0.3 is 0 Å². The molecule has 2 nitrogen and oxygen atoms in total. The molecule has 0 bridgehead atoms. The Balaban J connectivity index is 3.89. The molecule has 0 aromatic heterocycles. The summed E-state index contributed by atoms with van der Waals surface area (Å²) >= 11 is 0. The fourth-order valence-corrected chi connectivity index (χ4v) is 0.946. The van der Waals surface area contributed by atoms with E-state index in [-0.39, 0.29) is 5.91 Å². The van der Waals surface area contributed by atoms with E-state index in [2.05, 4.69) is 5.92 Å². The first-order chi connectivity index (χ1) is 5.26. The predicted octanol–water partition coefficient (Wildman–Crippen LogP) is 1.27. The lowest BCUT2D eigenvalue weighted by molar-refractivity contribution is -0.125. The first-order valence-electron chi connectivity index (χ1n) is 4.01. The number of amides is 1. The Morgan fingerprint density at radius 3 is 2.09 bits per heavy atom. The molecule has 0 atom stereocenters. The van der Waals surface area contributed by atoms with Gasteiger partial charge in [-0.05, 0) is 18.8 Å². The van der Waals surface area contributed by atoms with Crippen molar-refractivity contribution in [2.75, 3.05) is 13.1 Å². The van der Waals surface area contributed by atoms with Gasteiger partial charge in [-0.3, -0.25) is 4.79 Å². The van der Waals surface area contributed by atoms with E-state index in [1.54, 1.807) is 4.90 Å². The van der Waals surface area contributed by atoms with E-state index in [0.29, 0.717) is 0 Å². The van der Waals surface area contributed by atoms with Crippen LogP contribution in [0.3, 0.4) is 0 Å². The molecule has 0 aliphatic rings. The maximum Gasteiger partial charge on any atom is 0.298 e. The second-order valence-electron chi connectivity index (χ2n) is 2.44. The minimum atomic E-state index is -0.186. The highest BCUT2D eigenvalue weighted by Gasteiger charge is 2.06. The molecule has 1 amide bonds. The fraction of sp³-hybridized carbons (Fsp3) is 0.667. The Kier molecular flexibility index (Phi) is 5.28. The van der Waals surface area contributed by atoms with E-state index in [4.69, 9.17) is 6.42 Å². The van der Waals surface area contributed by atoms with Gasteiger partial charge in [0.2, 0.25) is 0 Å². The summed E-state index contributed by atoms with van der Waals surface area (Å²) in [5.74, 6) is 1.94. The first-order valence-corrected chi connectivity index (χ1v) is 4.01. The van der Waals surface area contributed by atoms with Crippen LogP contribution in [0.4, 0.5) is 0 Å². The average molecular weight is 153 g/mol. The third-order valence-electron chi connectivity index (χ3n) is 1.40. The third-order valence-corrected chi connectivity index (χ3v) is 1.40. The largest absolute Gasteiger partial charge is 0.332 e. The third kappa shape index (κ3) is 3.67. The van der Waals surface area contributed by atoms with Gasteiger partial charge < -0.3 is 4.90 Å². The van der Waals surface area contributed by atoms with E-state index >= 15 is 0 Å². The number of nitrogens with zero attached hydrogens (tertiary/aromatic N) is 1. The van der Waals surface area contributed by atoms with E-state index in [9.17, 15) is 4.79 Å². The van der Waals surface area contributed by atoms with Crippen LogP contribution in [-0.2, 0) is 4.79 Å². The molecular formula is C9H15NO. The predicted molar refractivity (Wildman–Crippen MR) is 46.0 cm³/mol. The van der Waals surface area contributed by atoms with Crippen LogP contribution in [0.15, 0.2) is 0 Å². The van der Waals surface area contributed by atoms with Crippen molar-refractivity contribution in [2.24, 2.45) is 0 Å². The van der Waals surface area contributed by atoms with Gasteiger partial charge in [0.15, 0.2) is 0 Å². The van der Waals surface area contributed by atoms with Crippen LogP contribution in [0.2, 0.25) is 0 Å². The second kappa shape index (κ2) is 5.79. The lowest BCUT2D eigenvalue weighted by atomic mass is 10.3. The Hall–Kier alpha value is -0.970. The number of carbonyl (C=O) groups excluding carboxylic acids is 1. The highest BCUT2D eigenvalue weighted by molar-refractivity contribution is 5.92. The molecule has 0 spiro atoms. The summed E-state index contributed by atoms with van der Waals surface area (Å²) in [6.07, 6.45) is 6.92. The zero-order valence-corrected chi connectivity index (χ0v) is 7.26. The summed E-state index contributed by atoms with van der Waals surface area (Å²) in [6.45, 7) is 5.62. The molecule has 0 saturated carbocycles. The van der Waals surface area contributed by atoms with Gasteiger partial charge in [-0.2, -0.15) is 0 Å². The molecule has 2 heteroatoms. The molecule has 0 fully saturated rings. The van der Waals surface area contributed by atoms with Crippen LogP contribution in [0.25, 0.3) is 0 Å². The summed E-state index contributed by atoms with van der Waals surface area (Å²) in [6, 6.07) is 0. The molecule has 0 rings (SSSR count). The van der Waals surface area contributed by atoms with Gasteiger partial charge in [-0.25, -0.2) is 0 Å². The lowest BCUT2D eigenvalue weighted by Gasteiger charge is -2.17. The Morgan fingerprint density at radius 2 is 1.82 bits per heavy atom. The summed E-state index contributed by atoms with van der Waals surface area (Å²) in [5.41, 5.74) is 0. The monoisotopic (exact) mass is 153 g/mol. The van der Waals surface area contributed by atoms with Crippen molar-refractivity contribution < 1.29 is 4.79 Å². The van der Waals surface area contributed by atoms with Crippen molar-refractivity contribution in [3.05, 3.63) is 0 Å². The number of rotatable bonds is 4. The number of carbonyl (C=O) groups is 1. The van der Waals surface area contributed by atoms with Gasteiger partial charge in [0.1, 0.15) is 0 Å². The zero-order chi connectivity index (χ0) is 8.69. The van der Waals surface area contributed by atoms with Crippen molar-refractivity contribution in [3.8, 4) is 12.3 Å². The Labute approximate surface area is 68.6 Å². The molecule has 0 N–H and O–H groups in total. The van der Waals surface area contributed by atoms with Crippen LogP contribution < -0.4 is 0 Å². The fourth-order valence-electron chi connectivity index (χ4n) is 0.946. The van der Waals surface area contributed by atoms with Gasteiger partial charge in [-0.15, -0.1) is 6.42 Å². The molecule has 62 valence electrons. The molecular weight excluding hydrogens is 138 g/mol. The minimum Gasteiger partial charge on any atom is -0.332 e. The minimum absolute atomic E-state index is 0.186. The first kappa shape index (κ1) is 10.0. The molecule has 0 aliphatic heterocycles. The van der Waals surface area contributed by atoms with E-state index in [1.165, 1.54) is 0 Å². The highest BCUT2D eigenvalue weighted by Crippen LogP contribution is 1.93. The quantitative estimate of drug-likeness (QED) is 0.557. The van der Waals surface area contributed by atoms with Crippen LogP contribution in [-0.4, -0.2) is 23.9 Å². The summed E-state index contributed by atoms with van der Waals surface area (Å²) in [4.78, 5) is 12.7. The average Bonchev–Trinajstić information content (AvgIpc) is 2.03. The number of hydrogen-bond acceptors (Lipinski definition) is 1. The van der Waals surface area contributed by atoms with Gasteiger partial charge in [-0.1, -0.05) is 13.8 Å². The Morgan fingerprint density at radius 1 is 1.36 bits per heavy atom. The number of terminal acetylenes is 1. The van der Waals surface area contributed by atoms with E-state index < -0.39 is 0 Å². The molecule has 0 radical (unpaired) electrons. The van der Waals surface area contributed by atoms with Crippen molar-refractivity contribution in [1.82, 2.24) is 4.90 Å². The standard InChI is InChI=1S/C9H15NO/c1-4-7-10(8-5-2)9(11)6-3/h3H,4-5,7-8H2,1-2H3. The molecule has 0 saturated heterocycles. The molecule has 0 unspecified atom stereocenters. The molecule has 0 heterocycles. The van der Waals surface area contributed by atoms with Crippen molar-refractivity contribution in [3.63, 3.8) is 0 Å². The molecule has 0 aromatic carbocycles. The molecule has 0 aromatic rings. The zero-order valence-electron chi connectivity index (χ0n) is 7.26. The lowest BCUT2D eigenvalue weighted by Crippen LogP contribution is -2.31. The van der Waals surface area contributed by atoms with Crippen LogP contribution in [0.5, 0.6) is 0 Å². The van der Waals surface area contributed by atoms with E-state index in [0.717, 1.165) is 25.9 Å². The van der Waals surface area contributed by atoms with Gasteiger partial charge in [0.25, 0.3) is 5.91 Å². The number of hydrogen-bond donors (Lipinski definition) is 0. The summed E-state index contributed by atoms with van der Waals surface area (Å²) in [7, 11) is 0. The maximum absolute atomic E-state index is 11.0. The molecule has 11 heavy (non-hydrogen) atoms. The normalized spacial score (nSPS) is 8.82.